The highest BCUT2D eigenvalue weighted by Gasteiger charge is 2.36. The fourth-order valence-corrected chi connectivity index (χ4v) is 17.5. The highest BCUT2D eigenvalue weighted by Crippen LogP contribution is 2.61. The maximum atomic E-state index is 2.64. The van der Waals surface area contributed by atoms with Gasteiger partial charge in [-0.05, 0) is 232 Å². The van der Waals surface area contributed by atoms with Crippen LogP contribution < -0.4 is 0 Å². The van der Waals surface area contributed by atoms with Gasteiger partial charge in [-0.1, -0.05) is 286 Å². The Bertz CT molecular complexity index is 6360. The molecule has 0 spiro atoms. The van der Waals surface area contributed by atoms with Gasteiger partial charge in [0.15, 0.2) is 0 Å². The van der Waals surface area contributed by atoms with E-state index in [9.17, 15) is 0 Å². The molecule has 0 heterocycles. The zero-order valence-electron chi connectivity index (χ0n) is 49.9. The van der Waals surface area contributed by atoms with Crippen molar-refractivity contribution < 1.29 is 0 Å². The molecule has 0 bridgehead atoms. The molecule has 0 N–H and O–H groups in total. The molecule has 0 saturated carbocycles. The molecule has 90 heavy (non-hydrogen) atoms. The van der Waals surface area contributed by atoms with Crippen molar-refractivity contribution in [2.75, 3.05) is 0 Å². The van der Waals surface area contributed by atoms with Crippen LogP contribution in [-0.4, -0.2) is 0 Å². The maximum absolute atomic E-state index is 2.64. The van der Waals surface area contributed by atoms with Gasteiger partial charge in [-0.3, -0.25) is 0 Å². The lowest BCUT2D eigenvalue weighted by molar-refractivity contribution is 0.611. The molecule has 0 nitrogen and oxygen atoms in total. The van der Waals surface area contributed by atoms with Crippen LogP contribution in [0.1, 0.15) is 24.5 Å². The highest BCUT2D eigenvalue weighted by molar-refractivity contribution is 6.52. The van der Waals surface area contributed by atoms with E-state index in [4.69, 9.17) is 0 Å². The molecular formula is C90H56. The first kappa shape index (κ1) is 49.9. The van der Waals surface area contributed by atoms with Crippen LogP contribution in [0.15, 0.2) is 291 Å². The minimum Gasteiger partial charge on any atom is -0.0834 e. The normalized spacial score (nSPS) is 14.7. The lowest BCUT2D eigenvalue weighted by Crippen LogP contribution is -2.20. The van der Waals surface area contributed by atoms with E-state index in [-0.39, 0.29) is 5.41 Å². The second kappa shape index (κ2) is 18.4. The van der Waals surface area contributed by atoms with E-state index < -0.39 is 0 Å². The predicted octanol–water partition coefficient (Wildman–Crippen LogP) is 25.5. The Morgan fingerprint density at radius 2 is 0.633 bits per heavy atom. The van der Waals surface area contributed by atoms with Crippen LogP contribution in [0, 0.1) is 6.92 Å². The molecule has 20 aromatic rings. The fourth-order valence-electron chi connectivity index (χ4n) is 17.5. The standard InChI is InChI=1S/C83H48.C7H8/c1-83(41-15-6-16-42-83)82-80-56-36-20-32-49-31-19-35-55(67(49)56)76(80)69(51-27-13-5-14-28-51)77-59-40-39-58-71-60(46-21-7-2-8-22-46)43-64-70-53(37-38-57(78(70)71)72-61(47-23-9-3-10-24-47)44-65(81(77)82)74(59)79(58)72)63-45-62-52-33-17-29-48-30-18-34-54(66(48)52)73(62)68(75(63)64)50-25-11-4-12-26-50;1-7-5-3-2-4-6-7/h2-41,43-45H,42H2,1H3;2-6H,1H3. The molecule has 0 fully saturated rings. The molecule has 0 radical (unpaired) electrons. The Morgan fingerprint density at radius 1 is 0.256 bits per heavy atom. The van der Waals surface area contributed by atoms with Crippen molar-refractivity contribution in [1.29, 1.82) is 0 Å². The number of rotatable bonds is 5. The quantitative estimate of drug-likeness (QED) is 0.119. The van der Waals surface area contributed by atoms with Crippen molar-refractivity contribution in [1.82, 2.24) is 0 Å². The lowest BCUT2D eigenvalue weighted by atomic mass is 9.72. The summed E-state index contributed by atoms with van der Waals surface area (Å²) < 4.78 is 0. The molecule has 0 aromatic heterocycles. The number of fused-ring (bicyclic) bond motifs is 14. The summed E-state index contributed by atoms with van der Waals surface area (Å²) in [5.74, 6) is 0. The third-order valence-electron chi connectivity index (χ3n) is 21.0. The van der Waals surface area contributed by atoms with Crippen molar-refractivity contribution in [3.05, 3.63) is 302 Å². The van der Waals surface area contributed by atoms with Crippen LogP contribution in [-0.2, 0) is 5.41 Å². The SMILES string of the molecule is CC1(c2c3c4cccc5cccc(c3c(-c3ccccc3)c3c6ccc7c8c(-c9ccccc9)cc9c%10c(-c%11ccccc%11)c%11c(cc%10c%10ccc(c%12c(-c%13ccccc%13)cc(c23)c6c7%12)c8c%109)c2cccc3cccc%11c32)c54)C=CC=CC1.Cc1ccccc1. The molecule has 0 amide bonds. The van der Waals surface area contributed by atoms with E-state index in [2.05, 4.69) is 287 Å². The average Bonchev–Trinajstić information content (AvgIpc) is 1.44. The Hall–Kier alpha value is -11.2. The molecular weight excluding hydrogens is 1080 g/mol. The topological polar surface area (TPSA) is 0 Å². The molecule has 1 aliphatic rings. The molecule has 1 atom stereocenters. The largest absolute Gasteiger partial charge is 0.0834 e. The van der Waals surface area contributed by atoms with E-state index in [0.29, 0.717) is 0 Å². The van der Waals surface area contributed by atoms with Crippen LogP contribution in [0.5, 0.6) is 0 Å². The van der Waals surface area contributed by atoms with Crippen LogP contribution in [0.25, 0.3) is 195 Å². The monoisotopic (exact) mass is 1140 g/mol. The molecule has 20 aromatic carbocycles. The third kappa shape index (κ3) is 6.59. The number of benzene rings is 16. The lowest BCUT2D eigenvalue weighted by Gasteiger charge is -2.31. The summed E-state index contributed by atoms with van der Waals surface area (Å²) in [6.45, 7) is 4.59. The number of hydrogen-bond donors (Lipinski definition) is 0. The third-order valence-corrected chi connectivity index (χ3v) is 21.0. The summed E-state index contributed by atoms with van der Waals surface area (Å²) in [6.07, 6.45) is 10.4. The Kier molecular flexibility index (Phi) is 10.2. The summed E-state index contributed by atoms with van der Waals surface area (Å²) in [6, 6.07) is 101. The van der Waals surface area contributed by atoms with E-state index in [1.54, 1.807) is 0 Å². The first-order valence-corrected chi connectivity index (χ1v) is 31.9. The smallest absolute Gasteiger partial charge is 0.0154 e. The molecule has 1 unspecified atom stereocenters. The highest BCUT2D eigenvalue weighted by atomic mass is 14.4. The van der Waals surface area contributed by atoms with E-state index in [0.717, 1.165) is 6.42 Å². The zero-order valence-corrected chi connectivity index (χ0v) is 49.9. The minimum atomic E-state index is -0.300. The minimum absolute atomic E-state index is 0.300. The van der Waals surface area contributed by atoms with Crippen molar-refractivity contribution in [2.24, 2.45) is 0 Å². The van der Waals surface area contributed by atoms with Gasteiger partial charge in [-0.15, -0.1) is 0 Å². The van der Waals surface area contributed by atoms with Crippen molar-refractivity contribution in [2.45, 2.75) is 25.7 Å². The van der Waals surface area contributed by atoms with Crippen LogP contribution in [0.3, 0.4) is 0 Å². The number of aryl methyl sites for hydroxylation is 1. The average molecular weight is 1140 g/mol. The molecule has 0 heteroatoms. The molecule has 416 valence electrons. The Morgan fingerprint density at radius 3 is 1.13 bits per heavy atom. The summed E-state index contributed by atoms with van der Waals surface area (Å²) in [5, 5.41) is 37.4. The second-order valence-corrected chi connectivity index (χ2v) is 25.8. The molecule has 0 aliphatic heterocycles. The zero-order chi connectivity index (χ0) is 59.1. The molecule has 0 saturated heterocycles. The summed E-state index contributed by atoms with van der Waals surface area (Å²) >= 11 is 0. The van der Waals surface area contributed by atoms with Gasteiger partial charge in [-0.2, -0.15) is 0 Å². The Balaban J connectivity index is 0.000000761. The van der Waals surface area contributed by atoms with Crippen molar-refractivity contribution in [3.63, 3.8) is 0 Å². The van der Waals surface area contributed by atoms with E-state index in [1.807, 2.05) is 18.2 Å². The van der Waals surface area contributed by atoms with Gasteiger partial charge in [0.05, 0.1) is 0 Å². The van der Waals surface area contributed by atoms with Gasteiger partial charge in [0.25, 0.3) is 0 Å². The van der Waals surface area contributed by atoms with Gasteiger partial charge < -0.3 is 0 Å². The first-order chi connectivity index (χ1) is 44.5. The van der Waals surface area contributed by atoms with Gasteiger partial charge >= 0.3 is 0 Å². The summed E-state index contributed by atoms with van der Waals surface area (Å²) in [5.41, 5.74) is 12.6. The van der Waals surface area contributed by atoms with Gasteiger partial charge in [0, 0.05) is 5.41 Å². The summed E-state index contributed by atoms with van der Waals surface area (Å²) in [7, 11) is 0. The van der Waals surface area contributed by atoms with Crippen LogP contribution in [0.2, 0.25) is 0 Å². The van der Waals surface area contributed by atoms with E-state index in [1.165, 1.54) is 206 Å². The van der Waals surface area contributed by atoms with Gasteiger partial charge in [0.2, 0.25) is 0 Å². The van der Waals surface area contributed by atoms with Crippen molar-refractivity contribution in [3.8, 4) is 44.5 Å². The van der Waals surface area contributed by atoms with Crippen molar-refractivity contribution >= 4 is 151 Å². The second-order valence-electron chi connectivity index (χ2n) is 25.8. The van der Waals surface area contributed by atoms with Crippen LogP contribution in [0.4, 0.5) is 0 Å². The first-order valence-electron chi connectivity index (χ1n) is 31.9. The fraction of sp³-hybridized carbons (Fsp3) is 0.0444. The van der Waals surface area contributed by atoms with Crippen LogP contribution >= 0.6 is 0 Å². The summed E-state index contributed by atoms with van der Waals surface area (Å²) in [4.78, 5) is 0. The molecule has 1 aliphatic carbocycles. The Labute approximate surface area is 520 Å². The number of hydrogen-bond acceptors (Lipinski definition) is 0. The van der Waals surface area contributed by atoms with Gasteiger partial charge in [0.1, 0.15) is 0 Å². The van der Waals surface area contributed by atoms with E-state index >= 15 is 0 Å². The predicted molar refractivity (Wildman–Crippen MR) is 391 cm³/mol. The number of allylic oxidation sites excluding steroid dienone is 4. The molecule has 21 rings (SSSR count). The maximum Gasteiger partial charge on any atom is 0.0154 e. The van der Waals surface area contributed by atoms with Gasteiger partial charge in [-0.25, -0.2) is 0 Å².